The fourth-order valence-electron chi connectivity index (χ4n) is 4.31. The second-order valence-corrected chi connectivity index (χ2v) is 7.47. The maximum Gasteiger partial charge on any atom is 0.255 e. The van der Waals surface area contributed by atoms with Crippen LogP contribution in [0.25, 0.3) is 0 Å². The normalized spacial score (nSPS) is 26.1. The van der Waals surface area contributed by atoms with Gasteiger partial charge in [0.25, 0.3) is 5.95 Å². The molecular formula is C20H22F2N2O3. The first-order chi connectivity index (χ1) is 13.0. The number of fused-ring (bicyclic) bond motifs is 1. The third-order valence-corrected chi connectivity index (χ3v) is 5.59. The molecule has 1 aromatic carbocycles. The molecule has 2 N–H and O–H groups in total. The summed E-state index contributed by atoms with van der Waals surface area (Å²) in [4.78, 5) is 5.78. The number of rotatable bonds is 5. The first-order valence-electron chi connectivity index (χ1n) is 9.15. The SMILES string of the molecule is Oc1ccc(C(O)CN2CC3CC(Oc4cccnc4F)C[C@@H]3C2)cc1F. The number of phenols is 1. The standard InChI is InChI=1S/C20H22F2N2O3/c21-16-8-12(3-4-17(16)25)18(26)11-24-9-13-6-15(7-14(13)10-24)27-19-2-1-5-23-20(19)22/h1-5,8,13-15,18,25-26H,6-7,9-11H2/t13-,14?,15?,18?/m1/s1. The van der Waals surface area contributed by atoms with Crippen molar-refractivity contribution in [1.29, 1.82) is 0 Å². The second kappa shape index (κ2) is 7.40. The molecule has 4 rings (SSSR count). The van der Waals surface area contributed by atoms with Crippen LogP contribution in [0.2, 0.25) is 0 Å². The zero-order chi connectivity index (χ0) is 19.0. The molecule has 2 heterocycles. The fraction of sp³-hybridized carbons (Fsp3) is 0.450. The van der Waals surface area contributed by atoms with Crippen molar-refractivity contribution >= 4 is 0 Å². The molecule has 2 aliphatic rings. The number of aliphatic hydroxyl groups excluding tert-OH is 1. The van der Waals surface area contributed by atoms with E-state index in [1.54, 1.807) is 12.1 Å². The third-order valence-electron chi connectivity index (χ3n) is 5.59. The van der Waals surface area contributed by atoms with Crippen LogP contribution in [0.1, 0.15) is 24.5 Å². The highest BCUT2D eigenvalue weighted by Crippen LogP contribution is 2.40. The Morgan fingerprint density at radius 1 is 1.19 bits per heavy atom. The molecular weight excluding hydrogens is 354 g/mol. The van der Waals surface area contributed by atoms with Crippen molar-refractivity contribution in [2.45, 2.75) is 25.0 Å². The number of aliphatic hydroxyl groups is 1. The molecule has 1 saturated carbocycles. The van der Waals surface area contributed by atoms with Gasteiger partial charge in [-0.05, 0) is 54.5 Å². The monoisotopic (exact) mass is 376 g/mol. The fourth-order valence-corrected chi connectivity index (χ4v) is 4.31. The molecule has 0 bridgehead atoms. The average Bonchev–Trinajstić information content (AvgIpc) is 3.17. The number of ether oxygens (including phenoxy) is 1. The van der Waals surface area contributed by atoms with Crippen LogP contribution in [0, 0.1) is 23.6 Å². The van der Waals surface area contributed by atoms with Crippen LogP contribution in [-0.2, 0) is 0 Å². The number of aromatic nitrogens is 1. The van der Waals surface area contributed by atoms with E-state index in [2.05, 4.69) is 9.88 Å². The van der Waals surface area contributed by atoms with Gasteiger partial charge in [-0.25, -0.2) is 9.37 Å². The first-order valence-corrected chi connectivity index (χ1v) is 9.15. The van der Waals surface area contributed by atoms with E-state index in [0.29, 0.717) is 23.9 Å². The number of phenolic OH excluding ortho intramolecular Hbond substituents is 1. The number of hydrogen-bond donors (Lipinski definition) is 2. The molecule has 7 heteroatoms. The van der Waals surface area contributed by atoms with Crippen LogP contribution in [0.5, 0.6) is 11.5 Å². The van der Waals surface area contributed by atoms with Gasteiger partial charge in [0, 0.05) is 25.8 Å². The number of β-amino-alcohol motifs (C(OH)–C–C–N with tert-alkyl or cyclic N) is 1. The lowest BCUT2D eigenvalue weighted by molar-refractivity contribution is 0.115. The van der Waals surface area contributed by atoms with Crippen LogP contribution in [0.3, 0.4) is 0 Å². The number of aromatic hydroxyl groups is 1. The Kier molecular flexibility index (Phi) is 4.97. The lowest BCUT2D eigenvalue weighted by atomic mass is 10.0. The lowest BCUT2D eigenvalue weighted by Gasteiger charge is -2.22. The van der Waals surface area contributed by atoms with Gasteiger partial charge in [0.1, 0.15) is 0 Å². The second-order valence-electron chi connectivity index (χ2n) is 7.47. The van der Waals surface area contributed by atoms with E-state index in [1.807, 2.05) is 0 Å². The van der Waals surface area contributed by atoms with Crippen LogP contribution in [0.15, 0.2) is 36.5 Å². The van der Waals surface area contributed by atoms with E-state index in [0.717, 1.165) is 25.9 Å². The Morgan fingerprint density at radius 3 is 2.59 bits per heavy atom. The number of benzene rings is 1. The summed E-state index contributed by atoms with van der Waals surface area (Å²) in [6, 6.07) is 7.21. The molecule has 2 aromatic rings. The van der Waals surface area contributed by atoms with Gasteiger partial charge in [0.15, 0.2) is 17.3 Å². The summed E-state index contributed by atoms with van der Waals surface area (Å²) < 4.78 is 32.9. The van der Waals surface area contributed by atoms with Gasteiger partial charge in [-0.3, -0.25) is 4.90 Å². The highest BCUT2D eigenvalue weighted by molar-refractivity contribution is 5.29. The molecule has 1 aliphatic heterocycles. The molecule has 144 valence electrons. The van der Waals surface area contributed by atoms with Gasteiger partial charge < -0.3 is 14.9 Å². The number of halogens is 2. The van der Waals surface area contributed by atoms with Crippen LogP contribution in [-0.4, -0.2) is 45.8 Å². The van der Waals surface area contributed by atoms with Crippen molar-refractivity contribution in [2.75, 3.05) is 19.6 Å². The lowest BCUT2D eigenvalue weighted by Crippen LogP contribution is -2.29. The largest absolute Gasteiger partial charge is 0.505 e. The number of nitrogens with zero attached hydrogens (tertiary/aromatic N) is 2. The molecule has 1 aliphatic carbocycles. The smallest absolute Gasteiger partial charge is 0.255 e. The molecule has 0 spiro atoms. The first kappa shape index (κ1) is 18.1. The Balaban J connectivity index is 1.30. The molecule has 27 heavy (non-hydrogen) atoms. The maximum absolute atomic E-state index is 13.6. The minimum absolute atomic E-state index is 0.0167. The molecule has 1 aromatic heterocycles. The molecule has 0 radical (unpaired) electrons. The summed E-state index contributed by atoms with van der Waals surface area (Å²) in [6.45, 7) is 2.08. The Bertz CT molecular complexity index is 806. The van der Waals surface area contributed by atoms with Crippen LogP contribution < -0.4 is 4.74 Å². The summed E-state index contributed by atoms with van der Waals surface area (Å²) in [5, 5.41) is 19.6. The van der Waals surface area contributed by atoms with Crippen molar-refractivity contribution in [3.05, 3.63) is 53.9 Å². The van der Waals surface area contributed by atoms with Gasteiger partial charge in [0.2, 0.25) is 0 Å². The van der Waals surface area contributed by atoms with E-state index in [9.17, 15) is 19.0 Å². The molecule has 1 saturated heterocycles. The van der Waals surface area contributed by atoms with Crippen molar-refractivity contribution in [3.8, 4) is 11.5 Å². The summed E-state index contributed by atoms with van der Waals surface area (Å²) in [7, 11) is 0. The van der Waals surface area contributed by atoms with Gasteiger partial charge in [-0.2, -0.15) is 4.39 Å². The predicted molar refractivity (Wildman–Crippen MR) is 94.3 cm³/mol. The van der Waals surface area contributed by atoms with Gasteiger partial charge >= 0.3 is 0 Å². The van der Waals surface area contributed by atoms with Crippen molar-refractivity contribution in [1.82, 2.24) is 9.88 Å². The zero-order valence-electron chi connectivity index (χ0n) is 14.8. The maximum atomic E-state index is 13.6. The van der Waals surface area contributed by atoms with Crippen LogP contribution in [0.4, 0.5) is 8.78 Å². The van der Waals surface area contributed by atoms with Crippen LogP contribution >= 0.6 is 0 Å². The molecule has 0 amide bonds. The van der Waals surface area contributed by atoms with Crippen molar-refractivity contribution < 1.29 is 23.7 Å². The Labute approximate surface area is 156 Å². The molecule has 5 nitrogen and oxygen atoms in total. The zero-order valence-corrected chi connectivity index (χ0v) is 14.8. The summed E-state index contributed by atoms with van der Waals surface area (Å²) in [6.07, 6.45) is 2.26. The van der Waals surface area contributed by atoms with Gasteiger partial charge in [0.05, 0.1) is 12.2 Å². The highest BCUT2D eigenvalue weighted by Gasteiger charge is 2.42. The minimum Gasteiger partial charge on any atom is -0.505 e. The van der Waals surface area contributed by atoms with E-state index in [-0.39, 0.29) is 11.9 Å². The molecule has 2 fully saturated rings. The van der Waals surface area contributed by atoms with Gasteiger partial charge in [-0.15, -0.1) is 0 Å². The number of hydrogen-bond acceptors (Lipinski definition) is 5. The topological polar surface area (TPSA) is 65.8 Å². The van der Waals surface area contributed by atoms with E-state index in [4.69, 9.17) is 4.74 Å². The van der Waals surface area contributed by atoms with E-state index >= 15 is 0 Å². The highest BCUT2D eigenvalue weighted by atomic mass is 19.1. The molecule has 3 unspecified atom stereocenters. The van der Waals surface area contributed by atoms with E-state index < -0.39 is 23.6 Å². The van der Waals surface area contributed by atoms with E-state index in [1.165, 1.54) is 24.4 Å². The Hall–Kier alpha value is -2.25. The third kappa shape index (κ3) is 3.89. The average molecular weight is 376 g/mol. The van der Waals surface area contributed by atoms with Gasteiger partial charge in [-0.1, -0.05) is 6.07 Å². The minimum atomic E-state index is -0.810. The summed E-state index contributed by atoms with van der Waals surface area (Å²) in [5.41, 5.74) is 0.454. The van der Waals surface area contributed by atoms with Crippen molar-refractivity contribution in [3.63, 3.8) is 0 Å². The quantitative estimate of drug-likeness (QED) is 0.786. The Morgan fingerprint density at radius 2 is 1.93 bits per heavy atom. The predicted octanol–water partition coefficient (Wildman–Crippen LogP) is 2.89. The number of pyridine rings is 1. The summed E-state index contributed by atoms with van der Waals surface area (Å²) in [5.74, 6) is -0.647. The van der Waals surface area contributed by atoms with Crippen molar-refractivity contribution in [2.24, 2.45) is 11.8 Å². The summed E-state index contributed by atoms with van der Waals surface area (Å²) >= 11 is 0. The molecule has 4 atom stereocenters. The number of likely N-dealkylation sites (tertiary alicyclic amines) is 1.